The van der Waals surface area contributed by atoms with Crippen LogP contribution in [-0.4, -0.2) is 9.97 Å². The maximum Gasteiger partial charge on any atom is 0.135 e. The average Bonchev–Trinajstić information content (AvgIpc) is 2.40. The van der Waals surface area contributed by atoms with Crippen LogP contribution in [0.4, 0.5) is 16.0 Å². The van der Waals surface area contributed by atoms with Gasteiger partial charge in [-0.05, 0) is 24.6 Å². The quantitative estimate of drug-likeness (QED) is 0.887. The van der Waals surface area contributed by atoms with Crippen LogP contribution in [0.1, 0.15) is 23.9 Å². The molecule has 0 saturated heterocycles. The summed E-state index contributed by atoms with van der Waals surface area (Å²) in [7, 11) is 0. The maximum atomic E-state index is 13.1. The van der Waals surface area contributed by atoms with Crippen LogP contribution in [0.25, 0.3) is 0 Å². The SMILES string of the molecule is CCc1nc(N)c(C)c(NCc2cccc(F)c2)n1. The fourth-order valence-electron chi connectivity index (χ4n) is 1.75. The minimum atomic E-state index is -0.243. The zero-order valence-electron chi connectivity index (χ0n) is 11.1. The first kappa shape index (κ1) is 13.3. The second-order valence-corrected chi connectivity index (χ2v) is 4.34. The third-order valence-corrected chi connectivity index (χ3v) is 2.89. The van der Waals surface area contributed by atoms with Gasteiger partial charge in [0.1, 0.15) is 23.3 Å². The van der Waals surface area contributed by atoms with E-state index in [0.29, 0.717) is 24.0 Å². The maximum absolute atomic E-state index is 13.1. The van der Waals surface area contributed by atoms with Crippen molar-refractivity contribution < 1.29 is 4.39 Å². The van der Waals surface area contributed by atoms with Crippen molar-refractivity contribution in [2.45, 2.75) is 26.8 Å². The number of halogens is 1. The number of rotatable bonds is 4. The number of hydrogen-bond donors (Lipinski definition) is 2. The molecule has 0 spiro atoms. The summed E-state index contributed by atoms with van der Waals surface area (Å²) < 4.78 is 13.1. The minimum Gasteiger partial charge on any atom is -0.383 e. The third-order valence-electron chi connectivity index (χ3n) is 2.89. The molecule has 1 aromatic heterocycles. The Kier molecular flexibility index (Phi) is 3.94. The van der Waals surface area contributed by atoms with E-state index >= 15 is 0 Å². The predicted molar refractivity (Wildman–Crippen MR) is 74.3 cm³/mol. The predicted octanol–water partition coefficient (Wildman–Crippen LogP) is 2.68. The van der Waals surface area contributed by atoms with Gasteiger partial charge in [0.25, 0.3) is 0 Å². The molecule has 1 aromatic carbocycles. The van der Waals surface area contributed by atoms with Crippen molar-refractivity contribution in [3.63, 3.8) is 0 Å². The largest absolute Gasteiger partial charge is 0.383 e. The van der Waals surface area contributed by atoms with Gasteiger partial charge in [-0.3, -0.25) is 0 Å². The molecule has 0 saturated carbocycles. The Morgan fingerprint density at radius 1 is 1.32 bits per heavy atom. The summed E-state index contributed by atoms with van der Waals surface area (Å²) in [6, 6.07) is 6.46. The number of aromatic nitrogens is 2. The van der Waals surface area contributed by atoms with Crippen molar-refractivity contribution in [2.24, 2.45) is 0 Å². The highest BCUT2D eigenvalue weighted by Crippen LogP contribution is 2.18. The highest BCUT2D eigenvalue weighted by atomic mass is 19.1. The number of nitrogen functional groups attached to an aromatic ring is 1. The number of aryl methyl sites for hydroxylation is 1. The number of hydrogen-bond acceptors (Lipinski definition) is 4. The van der Waals surface area contributed by atoms with E-state index in [1.807, 2.05) is 19.9 Å². The van der Waals surface area contributed by atoms with E-state index in [-0.39, 0.29) is 5.82 Å². The number of nitrogens with two attached hydrogens (primary N) is 1. The molecule has 0 unspecified atom stereocenters. The molecule has 0 atom stereocenters. The second-order valence-electron chi connectivity index (χ2n) is 4.34. The molecule has 100 valence electrons. The summed E-state index contributed by atoms with van der Waals surface area (Å²) in [5.41, 5.74) is 7.51. The average molecular weight is 260 g/mol. The molecule has 0 bridgehead atoms. The van der Waals surface area contributed by atoms with Crippen molar-refractivity contribution >= 4 is 11.6 Å². The van der Waals surface area contributed by atoms with Crippen LogP contribution >= 0.6 is 0 Å². The van der Waals surface area contributed by atoms with E-state index in [4.69, 9.17) is 5.73 Å². The molecule has 2 rings (SSSR count). The van der Waals surface area contributed by atoms with Gasteiger partial charge < -0.3 is 11.1 Å². The van der Waals surface area contributed by atoms with Gasteiger partial charge in [-0.1, -0.05) is 19.1 Å². The number of nitrogens with zero attached hydrogens (tertiary/aromatic N) is 2. The molecule has 2 aromatic rings. The van der Waals surface area contributed by atoms with Crippen LogP contribution in [0.5, 0.6) is 0 Å². The third kappa shape index (κ3) is 3.19. The van der Waals surface area contributed by atoms with E-state index < -0.39 is 0 Å². The van der Waals surface area contributed by atoms with E-state index in [0.717, 1.165) is 17.5 Å². The van der Waals surface area contributed by atoms with Crippen LogP contribution in [0.15, 0.2) is 24.3 Å². The molecule has 3 N–H and O–H groups in total. The summed E-state index contributed by atoms with van der Waals surface area (Å²) in [6.45, 7) is 4.33. The monoisotopic (exact) mass is 260 g/mol. The molecule has 19 heavy (non-hydrogen) atoms. The zero-order chi connectivity index (χ0) is 13.8. The molecule has 4 nitrogen and oxygen atoms in total. The lowest BCUT2D eigenvalue weighted by Gasteiger charge is -2.11. The van der Waals surface area contributed by atoms with Crippen molar-refractivity contribution in [3.05, 3.63) is 47.0 Å². The van der Waals surface area contributed by atoms with Gasteiger partial charge in [-0.15, -0.1) is 0 Å². The van der Waals surface area contributed by atoms with Crippen molar-refractivity contribution in [2.75, 3.05) is 11.1 Å². The van der Waals surface area contributed by atoms with Gasteiger partial charge in [0.05, 0.1) is 0 Å². The van der Waals surface area contributed by atoms with E-state index in [1.165, 1.54) is 12.1 Å². The Hall–Kier alpha value is -2.17. The van der Waals surface area contributed by atoms with Gasteiger partial charge in [-0.2, -0.15) is 0 Å². The molecular weight excluding hydrogens is 243 g/mol. The lowest BCUT2D eigenvalue weighted by Crippen LogP contribution is -2.09. The molecule has 0 aliphatic carbocycles. The fourth-order valence-corrected chi connectivity index (χ4v) is 1.75. The lowest BCUT2D eigenvalue weighted by molar-refractivity contribution is 0.626. The van der Waals surface area contributed by atoms with Crippen LogP contribution in [0.2, 0.25) is 0 Å². The smallest absolute Gasteiger partial charge is 0.135 e. The molecular formula is C14H17FN4. The molecule has 0 fully saturated rings. The summed E-state index contributed by atoms with van der Waals surface area (Å²) in [6.07, 6.45) is 0.721. The van der Waals surface area contributed by atoms with Gasteiger partial charge in [0.2, 0.25) is 0 Å². The molecule has 0 amide bonds. The summed E-state index contributed by atoms with van der Waals surface area (Å²) in [4.78, 5) is 8.58. The van der Waals surface area contributed by atoms with Gasteiger partial charge in [0, 0.05) is 18.5 Å². The highest BCUT2D eigenvalue weighted by molar-refractivity contribution is 5.54. The Bertz CT molecular complexity index is 584. The number of anilines is 2. The van der Waals surface area contributed by atoms with Crippen LogP contribution in [0, 0.1) is 12.7 Å². The summed E-state index contributed by atoms with van der Waals surface area (Å²) in [5, 5.41) is 3.17. The number of nitrogens with one attached hydrogen (secondary N) is 1. The van der Waals surface area contributed by atoms with Crippen LogP contribution in [0.3, 0.4) is 0 Å². The van der Waals surface area contributed by atoms with E-state index in [2.05, 4.69) is 15.3 Å². The fraction of sp³-hybridized carbons (Fsp3) is 0.286. The van der Waals surface area contributed by atoms with Crippen LogP contribution < -0.4 is 11.1 Å². The van der Waals surface area contributed by atoms with Gasteiger partial charge in [-0.25, -0.2) is 14.4 Å². The first-order valence-corrected chi connectivity index (χ1v) is 6.21. The van der Waals surface area contributed by atoms with Crippen molar-refractivity contribution in [1.29, 1.82) is 0 Å². The van der Waals surface area contributed by atoms with Crippen molar-refractivity contribution in [3.8, 4) is 0 Å². The standard InChI is InChI=1S/C14H17FN4/c1-3-12-18-13(16)9(2)14(19-12)17-8-10-5-4-6-11(15)7-10/h4-7H,3,8H2,1-2H3,(H3,16,17,18,19). The number of benzene rings is 1. The molecule has 0 radical (unpaired) electrons. The second kappa shape index (κ2) is 5.65. The Morgan fingerprint density at radius 3 is 2.79 bits per heavy atom. The minimum absolute atomic E-state index is 0.243. The van der Waals surface area contributed by atoms with E-state index in [1.54, 1.807) is 6.07 Å². The Balaban J connectivity index is 2.17. The molecule has 0 aliphatic rings. The topological polar surface area (TPSA) is 63.8 Å². The van der Waals surface area contributed by atoms with Gasteiger partial charge in [0.15, 0.2) is 0 Å². The molecule has 0 aliphatic heterocycles. The summed E-state index contributed by atoms with van der Waals surface area (Å²) in [5.74, 6) is 1.64. The van der Waals surface area contributed by atoms with Crippen molar-refractivity contribution in [1.82, 2.24) is 9.97 Å². The van der Waals surface area contributed by atoms with Crippen LogP contribution in [-0.2, 0) is 13.0 Å². The summed E-state index contributed by atoms with van der Waals surface area (Å²) >= 11 is 0. The van der Waals surface area contributed by atoms with Gasteiger partial charge >= 0.3 is 0 Å². The first-order chi connectivity index (χ1) is 9.10. The molecule has 1 heterocycles. The lowest BCUT2D eigenvalue weighted by atomic mass is 10.2. The normalized spacial score (nSPS) is 10.5. The zero-order valence-corrected chi connectivity index (χ0v) is 11.1. The Morgan fingerprint density at radius 2 is 2.11 bits per heavy atom. The molecule has 5 heteroatoms. The Labute approximate surface area is 111 Å². The highest BCUT2D eigenvalue weighted by Gasteiger charge is 2.07. The van der Waals surface area contributed by atoms with E-state index in [9.17, 15) is 4.39 Å². The first-order valence-electron chi connectivity index (χ1n) is 6.21.